The third kappa shape index (κ3) is 2.53. The van der Waals surface area contributed by atoms with Crippen LogP contribution >= 0.6 is 0 Å². The molecule has 4 nitrogen and oxygen atoms in total. The van der Waals surface area contributed by atoms with Gasteiger partial charge in [0.2, 0.25) is 0 Å². The van der Waals surface area contributed by atoms with Crippen LogP contribution in [-0.4, -0.2) is 25.2 Å². The first-order valence-electron chi connectivity index (χ1n) is 3.98. The molecular weight excluding hydrogens is 160 g/mol. The summed E-state index contributed by atoms with van der Waals surface area (Å²) in [5, 5.41) is 0. The Balaban J connectivity index is 2.16. The summed E-state index contributed by atoms with van der Waals surface area (Å²) in [6.45, 7) is 0. The van der Waals surface area contributed by atoms with Crippen molar-refractivity contribution in [3.05, 3.63) is 0 Å². The van der Waals surface area contributed by atoms with Crippen LogP contribution in [0.4, 0.5) is 0 Å². The molecule has 0 aromatic carbocycles. The molecule has 1 fully saturated rings. The van der Waals surface area contributed by atoms with Crippen molar-refractivity contribution >= 4 is 11.9 Å². The molecule has 0 spiro atoms. The number of carbonyl (C=O) groups is 2. The lowest BCUT2D eigenvalue weighted by atomic mass is 10.1. The van der Waals surface area contributed by atoms with Gasteiger partial charge in [-0.2, -0.15) is 0 Å². The van der Waals surface area contributed by atoms with E-state index in [9.17, 15) is 9.59 Å². The molecule has 0 bridgehead atoms. The molecule has 0 saturated carbocycles. The molecule has 0 aromatic rings. The summed E-state index contributed by atoms with van der Waals surface area (Å²) in [6, 6.07) is 0. The second kappa shape index (κ2) is 4.09. The van der Waals surface area contributed by atoms with Crippen molar-refractivity contribution in [2.45, 2.75) is 31.8 Å². The zero-order valence-electron chi connectivity index (χ0n) is 7.04. The predicted octanol–water partition coefficient (Wildman–Crippen LogP) is 0.645. The fourth-order valence-corrected chi connectivity index (χ4v) is 1.17. The van der Waals surface area contributed by atoms with E-state index in [1.165, 1.54) is 7.11 Å². The fraction of sp³-hybridized carbons (Fsp3) is 0.750. The Hall–Kier alpha value is -1.06. The van der Waals surface area contributed by atoms with Gasteiger partial charge in [0.15, 0.2) is 0 Å². The van der Waals surface area contributed by atoms with Crippen LogP contribution in [0, 0.1) is 0 Å². The van der Waals surface area contributed by atoms with E-state index in [1.54, 1.807) is 0 Å². The van der Waals surface area contributed by atoms with Crippen LogP contribution in [0.5, 0.6) is 0 Å². The first kappa shape index (κ1) is 9.03. The fourth-order valence-electron chi connectivity index (χ4n) is 1.17. The van der Waals surface area contributed by atoms with Gasteiger partial charge in [0.05, 0.1) is 7.11 Å². The van der Waals surface area contributed by atoms with Crippen molar-refractivity contribution in [1.29, 1.82) is 0 Å². The zero-order chi connectivity index (χ0) is 8.97. The van der Waals surface area contributed by atoms with Gasteiger partial charge in [-0.15, -0.1) is 0 Å². The third-order valence-corrected chi connectivity index (χ3v) is 1.87. The predicted molar refractivity (Wildman–Crippen MR) is 40.4 cm³/mol. The van der Waals surface area contributed by atoms with Crippen LogP contribution in [-0.2, 0) is 19.1 Å². The molecule has 1 aliphatic rings. The molecule has 1 heterocycles. The van der Waals surface area contributed by atoms with Gasteiger partial charge in [-0.1, -0.05) is 0 Å². The minimum absolute atomic E-state index is 0.0726. The number of rotatable bonds is 3. The summed E-state index contributed by atoms with van der Waals surface area (Å²) in [5.74, 6) is -0.414. The summed E-state index contributed by atoms with van der Waals surface area (Å²) in [7, 11) is 1.35. The molecule has 0 unspecified atom stereocenters. The highest BCUT2D eigenvalue weighted by molar-refractivity contribution is 5.72. The molecule has 0 amide bonds. The topological polar surface area (TPSA) is 52.6 Å². The highest BCUT2D eigenvalue weighted by Crippen LogP contribution is 2.18. The Bertz CT molecular complexity index is 187. The number of methoxy groups -OCH3 is 1. The van der Waals surface area contributed by atoms with Crippen molar-refractivity contribution < 1.29 is 19.1 Å². The van der Waals surface area contributed by atoms with Crippen LogP contribution in [0.15, 0.2) is 0 Å². The largest absolute Gasteiger partial charge is 0.469 e. The summed E-state index contributed by atoms with van der Waals surface area (Å²) in [6.07, 6.45) is 2.05. The average Bonchev–Trinajstić information content (AvgIpc) is 2.47. The number of hydrogen-bond donors (Lipinski definition) is 0. The Morgan fingerprint density at radius 2 is 2.50 bits per heavy atom. The molecule has 0 aromatic heterocycles. The maximum absolute atomic E-state index is 10.7. The first-order valence-corrected chi connectivity index (χ1v) is 3.98. The maximum Gasteiger partial charge on any atom is 0.306 e. The van der Waals surface area contributed by atoms with Crippen LogP contribution in [0.2, 0.25) is 0 Å². The highest BCUT2D eigenvalue weighted by atomic mass is 16.5. The maximum atomic E-state index is 10.7. The molecule has 1 rings (SSSR count). The molecule has 0 aliphatic carbocycles. The van der Waals surface area contributed by atoms with Gasteiger partial charge in [-0.25, -0.2) is 0 Å². The summed E-state index contributed by atoms with van der Waals surface area (Å²) in [5.41, 5.74) is 0. The van der Waals surface area contributed by atoms with E-state index in [0.29, 0.717) is 19.3 Å². The van der Waals surface area contributed by atoms with Gasteiger partial charge in [0.25, 0.3) is 0 Å². The van der Waals surface area contributed by atoms with Crippen LogP contribution in [0.1, 0.15) is 25.7 Å². The second-order valence-corrected chi connectivity index (χ2v) is 2.77. The lowest BCUT2D eigenvalue weighted by molar-refractivity contribution is -0.145. The van der Waals surface area contributed by atoms with E-state index >= 15 is 0 Å². The van der Waals surface area contributed by atoms with Gasteiger partial charge in [0, 0.05) is 12.8 Å². The van der Waals surface area contributed by atoms with Crippen molar-refractivity contribution in [3.8, 4) is 0 Å². The SMILES string of the molecule is COC(=O)CC[C@@H]1CCC(=O)O1. The summed E-state index contributed by atoms with van der Waals surface area (Å²) < 4.78 is 9.37. The quantitative estimate of drug-likeness (QED) is 0.586. The van der Waals surface area contributed by atoms with Crippen LogP contribution in [0.3, 0.4) is 0 Å². The van der Waals surface area contributed by atoms with E-state index in [-0.39, 0.29) is 18.0 Å². The van der Waals surface area contributed by atoms with Crippen LogP contribution < -0.4 is 0 Å². The monoisotopic (exact) mass is 172 g/mol. The lowest BCUT2D eigenvalue weighted by Crippen LogP contribution is -2.10. The van der Waals surface area contributed by atoms with Gasteiger partial charge in [-0.3, -0.25) is 9.59 Å². The number of carbonyl (C=O) groups excluding carboxylic acids is 2. The standard InChI is InChI=1S/C8H12O4/c1-11-7(9)4-2-6-3-5-8(10)12-6/h6H,2-5H2,1H3/t6-/m1/s1. The van der Waals surface area contributed by atoms with Crippen molar-refractivity contribution in [1.82, 2.24) is 0 Å². The average molecular weight is 172 g/mol. The molecule has 1 saturated heterocycles. The summed E-state index contributed by atoms with van der Waals surface area (Å²) in [4.78, 5) is 21.3. The number of hydrogen-bond acceptors (Lipinski definition) is 4. The molecule has 0 N–H and O–H groups in total. The lowest BCUT2D eigenvalue weighted by Gasteiger charge is -2.06. The number of esters is 2. The van der Waals surface area contributed by atoms with E-state index in [2.05, 4.69) is 4.74 Å². The third-order valence-electron chi connectivity index (χ3n) is 1.87. The van der Waals surface area contributed by atoms with Gasteiger partial charge in [-0.05, 0) is 12.8 Å². The molecular formula is C8H12O4. The van der Waals surface area contributed by atoms with E-state index in [0.717, 1.165) is 6.42 Å². The minimum Gasteiger partial charge on any atom is -0.469 e. The molecule has 12 heavy (non-hydrogen) atoms. The Kier molecular flexibility index (Phi) is 3.08. The van der Waals surface area contributed by atoms with Crippen LogP contribution in [0.25, 0.3) is 0 Å². The van der Waals surface area contributed by atoms with Crippen molar-refractivity contribution in [3.63, 3.8) is 0 Å². The van der Waals surface area contributed by atoms with Crippen molar-refractivity contribution in [2.24, 2.45) is 0 Å². The molecule has 1 aliphatic heterocycles. The number of cyclic esters (lactones) is 1. The normalized spacial score (nSPS) is 22.1. The first-order chi connectivity index (χ1) is 5.72. The molecule has 1 atom stereocenters. The molecule has 4 heteroatoms. The number of ether oxygens (including phenoxy) is 2. The van der Waals surface area contributed by atoms with Gasteiger partial charge < -0.3 is 9.47 Å². The Morgan fingerprint density at radius 3 is 3.00 bits per heavy atom. The molecule has 68 valence electrons. The minimum atomic E-state index is -0.252. The Morgan fingerprint density at radius 1 is 1.75 bits per heavy atom. The van der Waals surface area contributed by atoms with E-state index in [4.69, 9.17) is 4.74 Å². The Labute approximate surface area is 70.8 Å². The van der Waals surface area contributed by atoms with Gasteiger partial charge in [0.1, 0.15) is 6.10 Å². The summed E-state index contributed by atoms with van der Waals surface area (Å²) >= 11 is 0. The smallest absolute Gasteiger partial charge is 0.306 e. The zero-order valence-corrected chi connectivity index (χ0v) is 7.04. The van der Waals surface area contributed by atoms with E-state index in [1.807, 2.05) is 0 Å². The second-order valence-electron chi connectivity index (χ2n) is 2.77. The highest BCUT2D eigenvalue weighted by Gasteiger charge is 2.23. The molecule has 0 radical (unpaired) electrons. The van der Waals surface area contributed by atoms with Gasteiger partial charge >= 0.3 is 11.9 Å². The van der Waals surface area contributed by atoms with Crippen molar-refractivity contribution in [2.75, 3.05) is 7.11 Å². The van der Waals surface area contributed by atoms with E-state index < -0.39 is 0 Å².